The highest BCUT2D eigenvalue weighted by Crippen LogP contribution is 2.25. The van der Waals surface area contributed by atoms with E-state index in [0.717, 1.165) is 28.3 Å². The van der Waals surface area contributed by atoms with E-state index in [4.69, 9.17) is 15.6 Å². The zero-order valence-electron chi connectivity index (χ0n) is 13.7. The molecule has 0 radical (unpaired) electrons. The standard InChI is InChI=1S/C17H23N3O3/c1-11-8-12(2)20(19-11)10-14-9-13(4-6-16(14)23-3)15(18)5-7-17(21)22/h4,6,8-9,15H,5,7,10,18H2,1-3H3,(H,21,22)/t15-/m1/s1. The van der Waals surface area contributed by atoms with Gasteiger partial charge in [-0.15, -0.1) is 0 Å². The maximum Gasteiger partial charge on any atom is 0.303 e. The van der Waals surface area contributed by atoms with Crippen molar-refractivity contribution in [1.82, 2.24) is 9.78 Å². The van der Waals surface area contributed by atoms with E-state index in [0.29, 0.717) is 13.0 Å². The van der Waals surface area contributed by atoms with Crippen LogP contribution in [0.25, 0.3) is 0 Å². The summed E-state index contributed by atoms with van der Waals surface area (Å²) in [7, 11) is 1.63. The Labute approximate surface area is 135 Å². The van der Waals surface area contributed by atoms with E-state index in [9.17, 15) is 4.79 Å². The molecule has 3 N–H and O–H groups in total. The molecule has 0 bridgehead atoms. The minimum atomic E-state index is -0.836. The predicted molar refractivity (Wildman–Crippen MR) is 87.6 cm³/mol. The number of methoxy groups -OCH3 is 1. The summed E-state index contributed by atoms with van der Waals surface area (Å²) < 4.78 is 7.34. The number of nitrogens with two attached hydrogens (primary N) is 1. The fourth-order valence-corrected chi connectivity index (χ4v) is 2.59. The number of carboxylic acids is 1. The molecule has 0 saturated carbocycles. The molecule has 1 heterocycles. The van der Waals surface area contributed by atoms with Gasteiger partial charge in [-0.3, -0.25) is 9.48 Å². The summed E-state index contributed by atoms with van der Waals surface area (Å²) in [5, 5.41) is 13.3. The van der Waals surface area contributed by atoms with Crippen LogP contribution >= 0.6 is 0 Å². The number of aromatic nitrogens is 2. The lowest BCUT2D eigenvalue weighted by Crippen LogP contribution is -2.13. The molecule has 2 rings (SSSR count). The maximum atomic E-state index is 10.7. The van der Waals surface area contributed by atoms with Crippen molar-refractivity contribution < 1.29 is 14.6 Å². The molecule has 0 unspecified atom stereocenters. The smallest absolute Gasteiger partial charge is 0.303 e. The zero-order valence-corrected chi connectivity index (χ0v) is 13.7. The van der Waals surface area contributed by atoms with Gasteiger partial charge in [0.1, 0.15) is 5.75 Å². The molecule has 6 nitrogen and oxygen atoms in total. The number of ether oxygens (including phenoxy) is 1. The van der Waals surface area contributed by atoms with Gasteiger partial charge in [0.2, 0.25) is 0 Å². The number of hydrogen-bond acceptors (Lipinski definition) is 4. The Morgan fingerprint density at radius 2 is 2.13 bits per heavy atom. The summed E-state index contributed by atoms with van der Waals surface area (Å²) in [6, 6.07) is 7.44. The molecule has 0 aliphatic carbocycles. The van der Waals surface area contributed by atoms with Crippen LogP contribution in [0.4, 0.5) is 0 Å². The van der Waals surface area contributed by atoms with Crippen LogP contribution in [0.5, 0.6) is 5.75 Å². The van der Waals surface area contributed by atoms with Crippen molar-refractivity contribution in [2.45, 2.75) is 39.3 Å². The first-order valence-electron chi connectivity index (χ1n) is 7.56. The number of benzene rings is 1. The van der Waals surface area contributed by atoms with Crippen LogP contribution in [0.3, 0.4) is 0 Å². The fourth-order valence-electron chi connectivity index (χ4n) is 2.59. The van der Waals surface area contributed by atoms with Crippen molar-refractivity contribution in [2.24, 2.45) is 5.73 Å². The van der Waals surface area contributed by atoms with E-state index >= 15 is 0 Å². The van der Waals surface area contributed by atoms with E-state index in [-0.39, 0.29) is 12.5 Å². The fraction of sp³-hybridized carbons (Fsp3) is 0.412. The second-order valence-corrected chi connectivity index (χ2v) is 5.69. The molecule has 0 aliphatic heterocycles. The van der Waals surface area contributed by atoms with Gasteiger partial charge in [-0.25, -0.2) is 0 Å². The van der Waals surface area contributed by atoms with E-state index < -0.39 is 5.97 Å². The first kappa shape index (κ1) is 17.0. The Bertz CT molecular complexity index is 694. The molecule has 2 aromatic rings. The minimum absolute atomic E-state index is 0.0555. The number of aliphatic carboxylic acids is 1. The summed E-state index contributed by atoms with van der Waals surface area (Å²) in [4.78, 5) is 10.7. The molecule has 0 amide bonds. The van der Waals surface area contributed by atoms with Crippen molar-refractivity contribution in [3.63, 3.8) is 0 Å². The number of carbonyl (C=O) groups is 1. The van der Waals surface area contributed by atoms with Crippen LogP contribution in [0.1, 0.15) is 41.4 Å². The van der Waals surface area contributed by atoms with Crippen LogP contribution in [0.15, 0.2) is 24.3 Å². The average Bonchev–Trinajstić information content (AvgIpc) is 2.82. The van der Waals surface area contributed by atoms with E-state index in [1.807, 2.05) is 42.8 Å². The van der Waals surface area contributed by atoms with Crippen LogP contribution in [-0.4, -0.2) is 28.0 Å². The maximum absolute atomic E-state index is 10.7. The number of carboxylic acid groups (broad SMARTS) is 1. The second-order valence-electron chi connectivity index (χ2n) is 5.69. The van der Waals surface area contributed by atoms with Gasteiger partial charge in [-0.1, -0.05) is 6.07 Å². The molecule has 23 heavy (non-hydrogen) atoms. The van der Waals surface area contributed by atoms with Crippen molar-refractivity contribution in [1.29, 1.82) is 0 Å². The SMILES string of the molecule is COc1ccc([C@H](N)CCC(=O)O)cc1Cn1nc(C)cc1C. The molecule has 1 aromatic heterocycles. The normalized spacial score (nSPS) is 12.2. The highest BCUT2D eigenvalue weighted by molar-refractivity contribution is 5.66. The zero-order chi connectivity index (χ0) is 17.0. The van der Waals surface area contributed by atoms with Crippen molar-refractivity contribution in [2.75, 3.05) is 7.11 Å². The second kappa shape index (κ2) is 7.28. The molecule has 0 saturated heterocycles. The topological polar surface area (TPSA) is 90.4 Å². The number of hydrogen-bond donors (Lipinski definition) is 2. The summed E-state index contributed by atoms with van der Waals surface area (Å²) in [5.74, 6) is -0.0661. The molecule has 0 fully saturated rings. The van der Waals surface area contributed by atoms with Gasteiger partial charge in [0.25, 0.3) is 0 Å². The Balaban J connectivity index is 2.24. The molecule has 1 atom stereocenters. The number of aryl methyl sites for hydroxylation is 2. The first-order chi connectivity index (χ1) is 10.9. The quantitative estimate of drug-likeness (QED) is 0.818. The molecule has 0 spiro atoms. The lowest BCUT2D eigenvalue weighted by atomic mass is 10.00. The van der Waals surface area contributed by atoms with Gasteiger partial charge in [0, 0.05) is 23.7 Å². The number of nitrogens with zero attached hydrogens (tertiary/aromatic N) is 2. The lowest BCUT2D eigenvalue weighted by molar-refractivity contribution is -0.137. The summed E-state index contributed by atoms with van der Waals surface area (Å²) >= 11 is 0. The van der Waals surface area contributed by atoms with E-state index in [1.165, 1.54) is 0 Å². The first-order valence-corrected chi connectivity index (χ1v) is 7.56. The third-order valence-electron chi connectivity index (χ3n) is 3.83. The van der Waals surface area contributed by atoms with Gasteiger partial charge >= 0.3 is 5.97 Å². The highest BCUT2D eigenvalue weighted by atomic mass is 16.5. The summed E-state index contributed by atoms with van der Waals surface area (Å²) in [6.45, 7) is 4.55. The van der Waals surface area contributed by atoms with Gasteiger partial charge in [-0.2, -0.15) is 5.10 Å². The molecule has 124 valence electrons. The van der Waals surface area contributed by atoms with E-state index in [2.05, 4.69) is 5.10 Å². The largest absolute Gasteiger partial charge is 0.496 e. The van der Waals surface area contributed by atoms with Gasteiger partial charge in [-0.05, 0) is 44.0 Å². The lowest BCUT2D eigenvalue weighted by Gasteiger charge is -2.15. The third-order valence-corrected chi connectivity index (χ3v) is 3.83. The summed E-state index contributed by atoms with van der Waals surface area (Å²) in [5.41, 5.74) is 10.0. The summed E-state index contributed by atoms with van der Waals surface area (Å²) in [6.07, 6.45) is 0.459. The molecule has 6 heteroatoms. The predicted octanol–water partition coefficient (Wildman–Crippen LogP) is 2.42. The van der Waals surface area contributed by atoms with Crippen LogP contribution < -0.4 is 10.5 Å². The van der Waals surface area contributed by atoms with Crippen molar-refractivity contribution in [3.05, 3.63) is 46.8 Å². The molecular formula is C17H23N3O3. The van der Waals surface area contributed by atoms with Crippen LogP contribution in [-0.2, 0) is 11.3 Å². The van der Waals surface area contributed by atoms with Crippen LogP contribution in [0, 0.1) is 13.8 Å². The van der Waals surface area contributed by atoms with E-state index in [1.54, 1.807) is 7.11 Å². The molecule has 0 aliphatic rings. The van der Waals surface area contributed by atoms with Gasteiger partial charge in [0.15, 0.2) is 0 Å². The third kappa shape index (κ3) is 4.32. The Morgan fingerprint density at radius 1 is 1.39 bits per heavy atom. The number of rotatable bonds is 7. The highest BCUT2D eigenvalue weighted by Gasteiger charge is 2.13. The molecular weight excluding hydrogens is 294 g/mol. The van der Waals surface area contributed by atoms with Crippen molar-refractivity contribution >= 4 is 5.97 Å². The van der Waals surface area contributed by atoms with Gasteiger partial charge < -0.3 is 15.6 Å². The Morgan fingerprint density at radius 3 is 2.70 bits per heavy atom. The van der Waals surface area contributed by atoms with Gasteiger partial charge in [0.05, 0.1) is 19.3 Å². The molecule has 1 aromatic carbocycles. The average molecular weight is 317 g/mol. The monoisotopic (exact) mass is 317 g/mol. The minimum Gasteiger partial charge on any atom is -0.496 e. The van der Waals surface area contributed by atoms with Crippen LogP contribution in [0.2, 0.25) is 0 Å². The Hall–Kier alpha value is -2.34. The van der Waals surface area contributed by atoms with Crippen molar-refractivity contribution in [3.8, 4) is 5.75 Å². The Kier molecular flexibility index (Phi) is 5.39.